The Morgan fingerprint density at radius 3 is 2.83 bits per heavy atom. The molecular formula is C16H18BN3O4. The fraction of sp³-hybridized carbons (Fsp3) is 0.375. The average molecular weight is 327 g/mol. The van der Waals surface area contributed by atoms with Gasteiger partial charge < -0.3 is 15.0 Å². The van der Waals surface area contributed by atoms with E-state index in [1.54, 1.807) is 24.4 Å². The zero-order chi connectivity index (χ0) is 17.7. The third-order valence-electron chi connectivity index (χ3n) is 3.76. The molecule has 2 atom stereocenters. The summed E-state index contributed by atoms with van der Waals surface area (Å²) in [6.45, 7) is 1.78. The number of hydrogen-bond donors (Lipinski definition) is 1. The molecule has 8 heteroatoms. The van der Waals surface area contributed by atoms with Gasteiger partial charge in [-0.15, -0.1) is 0 Å². The first-order chi connectivity index (χ1) is 11.4. The number of hydrogen-bond acceptors (Lipinski definition) is 5. The molecule has 1 aromatic heterocycles. The van der Waals surface area contributed by atoms with Gasteiger partial charge in [-0.1, -0.05) is 0 Å². The summed E-state index contributed by atoms with van der Waals surface area (Å²) in [5.41, 5.74) is 0.748. The molecule has 1 aromatic rings. The maximum atomic E-state index is 12.2. The molecule has 2 amide bonds. The predicted octanol–water partition coefficient (Wildman–Crippen LogP) is 0.540. The maximum absolute atomic E-state index is 12.2. The Hall–Kier alpha value is -2.64. The van der Waals surface area contributed by atoms with E-state index in [9.17, 15) is 14.4 Å². The lowest BCUT2D eigenvalue weighted by atomic mass is 10.1. The van der Waals surface area contributed by atoms with E-state index in [1.165, 1.54) is 18.1 Å². The molecule has 7 nitrogen and oxygen atoms in total. The van der Waals surface area contributed by atoms with E-state index in [4.69, 9.17) is 12.6 Å². The Labute approximate surface area is 141 Å². The van der Waals surface area contributed by atoms with Gasteiger partial charge in [0.15, 0.2) is 11.6 Å². The minimum Gasteiger partial charge on any atom is -0.481 e. The van der Waals surface area contributed by atoms with E-state index < -0.39 is 11.8 Å². The molecule has 2 unspecified atom stereocenters. The number of likely N-dealkylation sites (tertiary alicyclic amines) is 1. The molecule has 0 saturated carbocycles. The number of rotatable bonds is 6. The number of nitrogens with zero attached hydrogens (tertiary/aromatic N) is 2. The van der Waals surface area contributed by atoms with E-state index >= 15 is 0 Å². The number of amides is 2. The van der Waals surface area contributed by atoms with Crippen molar-refractivity contribution in [3.05, 3.63) is 30.0 Å². The smallest absolute Gasteiger partial charge is 0.245 e. The van der Waals surface area contributed by atoms with Crippen LogP contribution in [0.25, 0.3) is 6.08 Å². The van der Waals surface area contributed by atoms with Crippen molar-refractivity contribution >= 4 is 31.4 Å². The number of pyridine rings is 1. The molecule has 1 saturated heterocycles. The van der Waals surface area contributed by atoms with Gasteiger partial charge in [0.1, 0.15) is 6.04 Å². The van der Waals surface area contributed by atoms with Gasteiger partial charge in [-0.05, 0) is 37.1 Å². The predicted molar refractivity (Wildman–Crippen MR) is 88.7 cm³/mol. The lowest BCUT2D eigenvalue weighted by molar-refractivity contribution is -0.133. The molecule has 1 aliphatic heterocycles. The fourth-order valence-corrected chi connectivity index (χ4v) is 2.53. The van der Waals surface area contributed by atoms with E-state index in [-0.39, 0.29) is 24.3 Å². The maximum Gasteiger partial charge on any atom is 0.245 e. The van der Waals surface area contributed by atoms with Crippen LogP contribution in [0.5, 0.6) is 5.88 Å². The van der Waals surface area contributed by atoms with Crippen molar-refractivity contribution in [3.8, 4) is 5.88 Å². The van der Waals surface area contributed by atoms with Gasteiger partial charge in [-0.3, -0.25) is 14.4 Å². The Balaban J connectivity index is 1.94. The Kier molecular flexibility index (Phi) is 5.73. The van der Waals surface area contributed by atoms with Gasteiger partial charge in [-0.2, -0.15) is 0 Å². The quantitative estimate of drug-likeness (QED) is 0.608. The number of carbonyl (C=O) groups excluding carboxylic acids is 3. The second kappa shape index (κ2) is 7.76. The third kappa shape index (κ3) is 4.44. The summed E-state index contributed by atoms with van der Waals surface area (Å²) in [6, 6.07) is 2.65. The van der Waals surface area contributed by atoms with Crippen molar-refractivity contribution in [1.29, 1.82) is 0 Å². The lowest BCUT2D eigenvalue weighted by Crippen LogP contribution is -2.42. The largest absolute Gasteiger partial charge is 0.481 e. The van der Waals surface area contributed by atoms with Crippen LogP contribution in [0, 0.1) is 0 Å². The molecule has 0 bridgehead atoms. The molecule has 0 aliphatic carbocycles. The van der Waals surface area contributed by atoms with Gasteiger partial charge in [0.2, 0.25) is 19.6 Å². The van der Waals surface area contributed by atoms with Crippen LogP contribution in [0.15, 0.2) is 24.4 Å². The summed E-state index contributed by atoms with van der Waals surface area (Å²) < 4.78 is 4.96. The average Bonchev–Trinajstić information content (AvgIpc) is 2.80. The van der Waals surface area contributed by atoms with Crippen molar-refractivity contribution in [2.75, 3.05) is 13.7 Å². The van der Waals surface area contributed by atoms with Crippen LogP contribution in [0.1, 0.15) is 18.9 Å². The SMILES string of the molecule is [B]C(=O)NC1CC(C)N(CC(=O)/C=C/c2ccc(OC)nc2)C1=O. The molecular weight excluding hydrogens is 309 g/mol. The first kappa shape index (κ1) is 17.7. The van der Waals surface area contributed by atoms with Gasteiger partial charge in [-0.25, -0.2) is 4.98 Å². The van der Waals surface area contributed by atoms with Crippen LogP contribution in [0.2, 0.25) is 0 Å². The molecule has 1 N–H and O–H groups in total. The summed E-state index contributed by atoms with van der Waals surface area (Å²) in [6.07, 6.45) is 5.04. The molecule has 2 heterocycles. The van der Waals surface area contributed by atoms with E-state index in [0.29, 0.717) is 12.3 Å². The number of ether oxygens (including phenoxy) is 1. The molecule has 124 valence electrons. The van der Waals surface area contributed by atoms with E-state index in [0.717, 1.165) is 5.56 Å². The second-order valence-electron chi connectivity index (χ2n) is 5.55. The van der Waals surface area contributed by atoms with Crippen LogP contribution >= 0.6 is 0 Å². The molecule has 0 aromatic carbocycles. The van der Waals surface area contributed by atoms with Gasteiger partial charge >= 0.3 is 0 Å². The highest BCUT2D eigenvalue weighted by Crippen LogP contribution is 2.19. The fourth-order valence-electron chi connectivity index (χ4n) is 2.53. The minimum absolute atomic E-state index is 0.0446. The third-order valence-corrected chi connectivity index (χ3v) is 3.76. The zero-order valence-corrected chi connectivity index (χ0v) is 13.6. The van der Waals surface area contributed by atoms with E-state index in [1.807, 2.05) is 6.92 Å². The second-order valence-corrected chi connectivity index (χ2v) is 5.55. The van der Waals surface area contributed by atoms with E-state index in [2.05, 4.69) is 10.3 Å². The van der Waals surface area contributed by atoms with Crippen LogP contribution in [-0.4, -0.2) is 61.0 Å². The zero-order valence-electron chi connectivity index (χ0n) is 13.6. The Bertz CT molecular complexity index is 660. The van der Waals surface area contributed by atoms with Crippen molar-refractivity contribution in [3.63, 3.8) is 0 Å². The highest BCUT2D eigenvalue weighted by atomic mass is 16.5. The number of carbonyl (C=O) groups is 3. The van der Waals surface area contributed by atoms with Gasteiger partial charge in [0.05, 0.1) is 13.7 Å². The van der Waals surface area contributed by atoms with Crippen molar-refractivity contribution in [1.82, 2.24) is 15.2 Å². The molecule has 1 fully saturated rings. The molecule has 0 spiro atoms. The summed E-state index contributed by atoms with van der Waals surface area (Å²) >= 11 is 0. The standard InChI is InChI=1S/C16H18BN3O4/c1-10-7-13(19-16(17)23)15(22)20(10)9-12(21)5-3-11-4-6-14(24-2)18-8-11/h3-6,8,10,13H,7,9H2,1-2H3,(H,19,23)/b5-3+. The lowest BCUT2D eigenvalue weighted by Gasteiger charge is -2.19. The van der Waals surface area contributed by atoms with Crippen LogP contribution < -0.4 is 10.1 Å². The summed E-state index contributed by atoms with van der Waals surface area (Å²) in [4.78, 5) is 40.6. The summed E-state index contributed by atoms with van der Waals surface area (Å²) in [5.74, 6) is -0.775. The molecule has 1 aliphatic rings. The molecule has 2 rings (SSSR count). The number of nitrogens with one attached hydrogen (secondary N) is 1. The molecule has 24 heavy (non-hydrogen) atoms. The molecule has 2 radical (unpaired) electrons. The normalized spacial score (nSPS) is 20.4. The van der Waals surface area contributed by atoms with Crippen LogP contribution in [-0.2, 0) is 9.59 Å². The number of methoxy groups -OCH3 is 1. The monoisotopic (exact) mass is 327 g/mol. The van der Waals surface area contributed by atoms with Crippen molar-refractivity contribution in [2.45, 2.75) is 25.4 Å². The number of ketones is 1. The minimum atomic E-state index is -0.749. The summed E-state index contributed by atoms with van der Waals surface area (Å²) in [7, 11) is 6.57. The Morgan fingerprint density at radius 1 is 1.50 bits per heavy atom. The van der Waals surface area contributed by atoms with Gasteiger partial charge in [0, 0.05) is 18.3 Å². The summed E-state index contributed by atoms with van der Waals surface area (Å²) in [5, 5.41) is 2.39. The Morgan fingerprint density at radius 2 is 2.25 bits per heavy atom. The first-order valence-corrected chi connectivity index (χ1v) is 7.48. The van der Waals surface area contributed by atoms with Gasteiger partial charge in [0.25, 0.3) is 0 Å². The highest BCUT2D eigenvalue weighted by molar-refractivity contribution is 6.57. The van der Waals surface area contributed by atoms with Crippen molar-refractivity contribution < 1.29 is 19.1 Å². The highest BCUT2D eigenvalue weighted by Gasteiger charge is 2.37. The first-order valence-electron chi connectivity index (χ1n) is 7.48. The number of aromatic nitrogens is 1. The van der Waals surface area contributed by atoms with Crippen molar-refractivity contribution in [2.24, 2.45) is 0 Å². The topological polar surface area (TPSA) is 88.6 Å². The van der Waals surface area contributed by atoms with Crippen LogP contribution in [0.4, 0.5) is 4.79 Å². The van der Waals surface area contributed by atoms with Crippen LogP contribution in [0.3, 0.4) is 0 Å².